The Balaban J connectivity index is 1.91. The van der Waals surface area contributed by atoms with Gasteiger partial charge in [0.25, 0.3) is 0 Å². The molecule has 108 valence electrons. The molecule has 1 aromatic heterocycles. The van der Waals surface area contributed by atoms with E-state index in [4.69, 9.17) is 4.74 Å². The topological polar surface area (TPSA) is 47.3 Å². The molecule has 1 aliphatic rings. The molecule has 2 unspecified atom stereocenters. The molecule has 0 radical (unpaired) electrons. The van der Waals surface area contributed by atoms with Crippen molar-refractivity contribution in [2.75, 3.05) is 7.11 Å². The molecule has 1 aliphatic carbocycles. The molecule has 19 heavy (non-hydrogen) atoms. The maximum atomic E-state index is 10.2. The summed E-state index contributed by atoms with van der Waals surface area (Å²) >= 11 is 0. The lowest BCUT2D eigenvalue weighted by Gasteiger charge is -2.20. The smallest absolute Gasteiger partial charge is 0.0857 e. The highest BCUT2D eigenvalue weighted by Crippen LogP contribution is 2.28. The van der Waals surface area contributed by atoms with Gasteiger partial charge in [0.05, 0.1) is 23.9 Å². The Morgan fingerprint density at radius 3 is 2.84 bits per heavy atom. The zero-order valence-electron chi connectivity index (χ0n) is 12.1. The Bertz CT molecular complexity index is 372. The van der Waals surface area contributed by atoms with Crippen LogP contribution < -0.4 is 0 Å². The van der Waals surface area contributed by atoms with Crippen molar-refractivity contribution in [2.45, 2.75) is 70.1 Å². The average molecular weight is 266 g/mol. The highest BCUT2D eigenvalue weighted by molar-refractivity contribution is 5.02. The molecule has 0 aromatic carbocycles. The van der Waals surface area contributed by atoms with Gasteiger partial charge in [0, 0.05) is 19.7 Å². The minimum absolute atomic E-state index is 0.0818. The summed E-state index contributed by atoms with van der Waals surface area (Å²) in [5.74, 6) is 0. The first-order chi connectivity index (χ1) is 9.24. The van der Waals surface area contributed by atoms with Crippen molar-refractivity contribution >= 4 is 0 Å². The van der Waals surface area contributed by atoms with E-state index in [-0.39, 0.29) is 6.10 Å². The van der Waals surface area contributed by atoms with Crippen LogP contribution in [0.25, 0.3) is 0 Å². The lowest BCUT2D eigenvalue weighted by atomic mass is 10.0. The molecule has 2 rings (SSSR count). The van der Waals surface area contributed by atoms with Gasteiger partial charge in [-0.2, -0.15) is 5.10 Å². The maximum Gasteiger partial charge on any atom is 0.0857 e. The van der Waals surface area contributed by atoms with Crippen LogP contribution >= 0.6 is 0 Å². The Kier molecular flexibility index (Phi) is 5.40. The predicted molar refractivity (Wildman–Crippen MR) is 75.1 cm³/mol. The largest absolute Gasteiger partial charge is 0.390 e. The third kappa shape index (κ3) is 3.80. The minimum Gasteiger partial charge on any atom is -0.390 e. The van der Waals surface area contributed by atoms with E-state index in [0.717, 1.165) is 18.5 Å². The molecule has 1 N–H and O–H groups in total. The second-order valence-electron chi connectivity index (χ2n) is 5.56. The number of methoxy groups -OCH3 is 1. The lowest BCUT2D eigenvalue weighted by molar-refractivity contribution is -0.0164. The Labute approximate surface area is 115 Å². The molecule has 4 heteroatoms. The van der Waals surface area contributed by atoms with Crippen LogP contribution in [0.5, 0.6) is 0 Å². The fraction of sp³-hybridized carbons (Fsp3) is 0.800. The van der Waals surface area contributed by atoms with Crippen molar-refractivity contribution in [3.8, 4) is 0 Å². The molecule has 1 saturated carbocycles. The second kappa shape index (κ2) is 7.06. The van der Waals surface area contributed by atoms with Crippen molar-refractivity contribution in [3.63, 3.8) is 0 Å². The molecule has 2 atom stereocenters. The van der Waals surface area contributed by atoms with Crippen LogP contribution in [-0.2, 0) is 11.2 Å². The van der Waals surface area contributed by atoms with Gasteiger partial charge in [-0.05, 0) is 25.3 Å². The number of aromatic nitrogens is 2. The van der Waals surface area contributed by atoms with E-state index in [0.29, 0.717) is 12.5 Å². The average Bonchev–Trinajstić information content (AvgIpc) is 3.05. The van der Waals surface area contributed by atoms with E-state index in [9.17, 15) is 5.11 Å². The monoisotopic (exact) mass is 266 g/mol. The molecule has 0 saturated heterocycles. The second-order valence-corrected chi connectivity index (χ2v) is 5.56. The lowest BCUT2D eigenvalue weighted by Crippen LogP contribution is -2.30. The first kappa shape index (κ1) is 14.5. The number of aliphatic hydroxyl groups excluding tert-OH is 1. The van der Waals surface area contributed by atoms with Gasteiger partial charge in [0.15, 0.2) is 0 Å². The standard InChI is InChI=1S/C15H26N2O2/c1-3-6-15(19-2)14(18)11-12-9-10-17(16-12)13-7-4-5-8-13/h9-10,13-15,18H,3-8,11H2,1-2H3. The summed E-state index contributed by atoms with van der Waals surface area (Å²) in [7, 11) is 1.67. The number of ether oxygens (including phenoxy) is 1. The fourth-order valence-electron chi connectivity index (χ4n) is 2.96. The van der Waals surface area contributed by atoms with Crippen LogP contribution in [0, 0.1) is 0 Å². The molecule has 1 aromatic rings. The van der Waals surface area contributed by atoms with Crippen molar-refractivity contribution in [1.82, 2.24) is 9.78 Å². The van der Waals surface area contributed by atoms with Gasteiger partial charge in [0.1, 0.15) is 0 Å². The Morgan fingerprint density at radius 2 is 2.21 bits per heavy atom. The molecule has 0 aliphatic heterocycles. The zero-order valence-corrected chi connectivity index (χ0v) is 12.1. The quantitative estimate of drug-likeness (QED) is 0.825. The predicted octanol–water partition coefficient (Wildman–Crippen LogP) is 2.72. The van der Waals surface area contributed by atoms with E-state index < -0.39 is 6.10 Å². The SMILES string of the molecule is CCCC(OC)C(O)Cc1ccn(C2CCCC2)n1. The van der Waals surface area contributed by atoms with Crippen LogP contribution in [0.15, 0.2) is 12.3 Å². The molecule has 0 spiro atoms. The van der Waals surface area contributed by atoms with E-state index >= 15 is 0 Å². The molecule has 0 amide bonds. The number of rotatable bonds is 7. The third-order valence-corrected chi connectivity index (χ3v) is 4.09. The molecule has 1 fully saturated rings. The van der Waals surface area contributed by atoms with Crippen LogP contribution in [-0.4, -0.2) is 34.2 Å². The van der Waals surface area contributed by atoms with Gasteiger partial charge < -0.3 is 9.84 Å². The summed E-state index contributed by atoms with van der Waals surface area (Å²) in [6.45, 7) is 2.10. The van der Waals surface area contributed by atoms with Crippen molar-refractivity contribution in [2.24, 2.45) is 0 Å². The third-order valence-electron chi connectivity index (χ3n) is 4.09. The van der Waals surface area contributed by atoms with E-state index in [1.807, 2.05) is 6.07 Å². The molecule has 1 heterocycles. The maximum absolute atomic E-state index is 10.2. The van der Waals surface area contributed by atoms with E-state index in [1.165, 1.54) is 25.7 Å². The van der Waals surface area contributed by atoms with Crippen LogP contribution in [0.3, 0.4) is 0 Å². The molecular formula is C15H26N2O2. The van der Waals surface area contributed by atoms with E-state index in [2.05, 4.69) is 22.9 Å². The van der Waals surface area contributed by atoms with Crippen molar-refractivity contribution in [1.29, 1.82) is 0 Å². The van der Waals surface area contributed by atoms with Crippen molar-refractivity contribution in [3.05, 3.63) is 18.0 Å². The normalized spacial score (nSPS) is 19.7. The van der Waals surface area contributed by atoms with Crippen LogP contribution in [0.4, 0.5) is 0 Å². The highest BCUT2D eigenvalue weighted by Gasteiger charge is 2.21. The summed E-state index contributed by atoms with van der Waals surface area (Å²) in [5, 5.41) is 14.8. The number of nitrogens with zero attached hydrogens (tertiary/aromatic N) is 2. The van der Waals surface area contributed by atoms with Crippen LogP contribution in [0.1, 0.15) is 57.2 Å². The van der Waals surface area contributed by atoms with Gasteiger partial charge in [-0.3, -0.25) is 4.68 Å². The molecule has 0 bridgehead atoms. The number of hydrogen-bond donors (Lipinski definition) is 1. The van der Waals surface area contributed by atoms with Gasteiger partial charge in [0.2, 0.25) is 0 Å². The summed E-state index contributed by atoms with van der Waals surface area (Å²) in [4.78, 5) is 0. The number of hydrogen-bond acceptors (Lipinski definition) is 3. The van der Waals surface area contributed by atoms with Gasteiger partial charge >= 0.3 is 0 Å². The highest BCUT2D eigenvalue weighted by atomic mass is 16.5. The van der Waals surface area contributed by atoms with Gasteiger partial charge in [-0.25, -0.2) is 0 Å². The number of aliphatic hydroxyl groups is 1. The first-order valence-electron chi connectivity index (χ1n) is 7.49. The molecular weight excluding hydrogens is 240 g/mol. The van der Waals surface area contributed by atoms with Crippen molar-refractivity contribution < 1.29 is 9.84 Å². The summed E-state index contributed by atoms with van der Waals surface area (Å²) in [5.41, 5.74) is 0.970. The zero-order chi connectivity index (χ0) is 13.7. The Hall–Kier alpha value is -0.870. The Morgan fingerprint density at radius 1 is 1.47 bits per heavy atom. The summed E-state index contributed by atoms with van der Waals surface area (Å²) in [6.07, 6.45) is 9.10. The van der Waals surface area contributed by atoms with Gasteiger partial charge in [-0.15, -0.1) is 0 Å². The molecule has 4 nitrogen and oxygen atoms in total. The first-order valence-corrected chi connectivity index (χ1v) is 7.49. The fourth-order valence-corrected chi connectivity index (χ4v) is 2.96. The summed E-state index contributed by atoms with van der Waals surface area (Å²) < 4.78 is 7.43. The minimum atomic E-state index is -0.461. The van der Waals surface area contributed by atoms with Gasteiger partial charge in [-0.1, -0.05) is 26.2 Å². The van der Waals surface area contributed by atoms with E-state index in [1.54, 1.807) is 7.11 Å². The summed E-state index contributed by atoms with van der Waals surface area (Å²) in [6, 6.07) is 2.60. The van der Waals surface area contributed by atoms with Crippen LogP contribution in [0.2, 0.25) is 0 Å².